The number of carbonyl (C=O) groups excluding carboxylic acids is 1. The summed E-state index contributed by atoms with van der Waals surface area (Å²) in [5.41, 5.74) is 1.97. The second-order valence-electron chi connectivity index (χ2n) is 4.84. The van der Waals surface area contributed by atoms with Gasteiger partial charge in [0.25, 0.3) is 5.91 Å². The fourth-order valence-electron chi connectivity index (χ4n) is 2.07. The van der Waals surface area contributed by atoms with E-state index in [2.05, 4.69) is 37.2 Å². The highest BCUT2D eigenvalue weighted by molar-refractivity contribution is 7.15. The largest absolute Gasteiger partial charge is 0.296 e. The smallest absolute Gasteiger partial charge is 0.271 e. The van der Waals surface area contributed by atoms with Gasteiger partial charge in [0.2, 0.25) is 5.13 Å². The molecule has 2 heterocycles. The van der Waals surface area contributed by atoms with Crippen LogP contribution in [0.4, 0.5) is 5.13 Å². The molecule has 0 aliphatic carbocycles. The molecule has 0 radical (unpaired) electrons. The Morgan fingerprint density at radius 1 is 1.13 bits per heavy atom. The van der Waals surface area contributed by atoms with Gasteiger partial charge in [-0.1, -0.05) is 53.1 Å². The van der Waals surface area contributed by atoms with Crippen LogP contribution in [0, 0.1) is 0 Å². The summed E-state index contributed by atoms with van der Waals surface area (Å²) >= 11 is 2.50. The molecule has 2 aromatic heterocycles. The second kappa shape index (κ2) is 7.38. The van der Waals surface area contributed by atoms with Crippen LogP contribution >= 0.6 is 22.9 Å². The van der Waals surface area contributed by atoms with E-state index in [9.17, 15) is 4.79 Å². The van der Waals surface area contributed by atoms with Gasteiger partial charge in [0.05, 0.1) is 5.69 Å². The molecule has 3 rings (SSSR count). The van der Waals surface area contributed by atoms with Gasteiger partial charge in [-0.2, -0.15) is 0 Å². The van der Waals surface area contributed by atoms with E-state index in [1.54, 1.807) is 0 Å². The van der Waals surface area contributed by atoms with Gasteiger partial charge in [-0.25, -0.2) is 0 Å². The number of benzene rings is 1. The Labute approximate surface area is 141 Å². The second-order valence-corrected chi connectivity index (χ2v) is 6.66. The SMILES string of the molecule is CCc1nnsc1C(=O)Nc1nnc(CCc2ccccc2)s1. The Bertz CT molecular complexity index is 784. The van der Waals surface area contributed by atoms with Crippen molar-refractivity contribution in [2.24, 2.45) is 0 Å². The maximum atomic E-state index is 12.2. The molecule has 0 fully saturated rings. The third-order valence-electron chi connectivity index (χ3n) is 3.25. The van der Waals surface area contributed by atoms with E-state index in [4.69, 9.17) is 0 Å². The molecule has 6 nitrogen and oxygen atoms in total. The maximum absolute atomic E-state index is 12.2. The molecule has 1 aromatic carbocycles. The first-order valence-electron chi connectivity index (χ1n) is 7.25. The van der Waals surface area contributed by atoms with Crippen molar-refractivity contribution < 1.29 is 4.79 Å². The zero-order valence-corrected chi connectivity index (χ0v) is 14.2. The average Bonchev–Trinajstić information content (AvgIpc) is 3.22. The lowest BCUT2D eigenvalue weighted by Gasteiger charge is -1.98. The molecule has 23 heavy (non-hydrogen) atoms. The molecule has 8 heteroatoms. The number of nitrogens with zero attached hydrogens (tertiary/aromatic N) is 4. The van der Waals surface area contributed by atoms with Crippen molar-refractivity contribution in [1.82, 2.24) is 19.8 Å². The molecule has 118 valence electrons. The molecule has 0 atom stereocenters. The van der Waals surface area contributed by atoms with Crippen molar-refractivity contribution in [3.63, 3.8) is 0 Å². The van der Waals surface area contributed by atoms with Crippen LogP contribution < -0.4 is 5.32 Å². The summed E-state index contributed by atoms with van der Waals surface area (Å²) in [6.07, 6.45) is 2.39. The molecule has 0 spiro atoms. The molecule has 0 saturated heterocycles. The number of amides is 1. The molecule has 0 aliphatic rings. The molecule has 1 amide bonds. The van der Waals surface area contributed by atoms with Crippen molar-refractivity contribution in [1.29, 1.82) is 0 Å². The molecule has 0 unspecified atom stereocenters. The zero-order chi connectivity index (χ0) is 16.1. The van der Waals surface area contributed by atoms with Gasteiger partial charge in [-0.15, -0.1) is 15.3 Å². The number of carbonyl (C=O) groups is 1. The number of rotatable bonds is 6. The summed E-state index contributed by atoms with van der Waals surface area (Å²) in [5, 5.41) is 16.3. The van der Waals surface area contributed by atoms with E-state index >= 15 is 0 Å². The monoisotopic (exact) mass is 345 g/mol. The lowest BCUT2D eigenvalue weighted by Crippen LogP contribution is -2.12. The number of aromatic nitrogens is 4. The quantitative estimate of drug-likeness (QED) is 0.743. The third kappa shape index (κ3) is 3.96. The van der Waals surface area contributed by atoms with E-state index in [0.29, 0.717) is 22.1 Å². The lowest BCUT2D eigenvalue weighted by molar-refractivity contribution is 0.102. The van der Waals surface area contributed by atoms with Gasteiger partial charge in [0.15, 0.2) is 0 Å². The molecule has 0 aliphatic heterocycles. The maximum Gasteiger partial charge on any atom is 0.271 e. The van der Waals surface area contributed by atoms with Crippen molar-refractivity contribution >= 4 is 33.9 Å². The van der Waals surface area contributed by atoms with Crippen molar-refractivity contribution in [3.8, 4) is 0 Å². The fourth-order valence-corrected chi connectivity index (χ4v) is 3.45. The van der Waals surface area contributed by atoms with Gasteiger partial charge in [-0.05, 0) is 29.9 Å². The lowest BCUT2D eigenvalue weighted by atomic mass is 10.1. The Morgan fingerprint density at radius 2 is 1.96 bits per heavy atom. The van der Waals surface area contributed by atoms with Gasteiger partial charge in [-0.3, -0.25) is 10.1 Å². The minimum Gasteiger partial charge on any atom is -0.296 e. The summed E-state index contributed by atoms with van der Waals surface area (Å²) < 4.78 is 3.82. The summed E-state index contributed by atoms with van der Waals surface area (Å²) in [5.74, 6) is -0.220. The number of nitrogens with one attached hydrogen (secondary N) is 1. The highest BCUT2D eigenvalue weighted by atomic mass is 32.1. The Morgan fingerprint density at radius 3 is 2.74 bits per heavy atom. The summed E-state index contributed by atoms with van der Waals surface area (Å²) in [6, 6.07) is 10.2. The number of aryl methyl sites for hydroxylation is 3. The van der Waals surface area contributed by atoms with Gasteiger partial charge < -0.3 is 0 Å². The number of anilines is 1. The predicted octanol–water partition coefficient (Wildman–Crippen LogP) is 2.99. The van der Waals surface area contributed by atoms with Crippen LogP contribution in [-0.4, -0.2) is 25.7 Å². The van der Waals surface area contributed by atoms with E-state index < -0.39 is 0 Å². The summed E-state index contributed by atoms with van der Waals surface area (Å²) in [7, 11) is 0. The van der Waals surface area contributed by atoms with Crippen LogP contribution in [0.1, 0.15) is 32.9 Å². The van der Waals surface area contributed by atoms with Crippen LogP contribution in [0.25, 0.3) is 0 Å². The minimum absolute atomic E-state index is 0.220. The van der Waals surface area contributed by atoms with Crippen LogP contribution in [0.3, 0.4) is 0 Å². The molecule has 0 bridgehead atoms. The van der Waals surface area contributed by atoms with Crippen molar-refractivity contribution in [2.75, 3.05) is 5.32 Å². The molecular formula is C15H15N5OS2. The van der Waals surface area contributed by atoms with E-state index in [1.807, 2.05) is 25.1 Å². The molecule has 0 saturated carbocycles. The van der Waals surface area contributed by atoms with E-state index in [1.165, 1.54) is 16.9 Å². The molecule has 1 N–H and O–H groups in total. The van der Waals surface area contributed by atoms with Gasteiger partial charge >= 0.3 is 0 Å². The normalized spacial score (nSPS) is 10.7. The van der Waals surface area contributed by atoms with Crippen LogP contribution in [0.15, 0.2) is 30.3 Å². The summed E-state index contributed by atoms with van der Waals surface area (Å²) in [6.45, 7) is 1.94. The highest BCUT2D eigenvalue weighted by Crippen LogP contribution is 2.19. The highest BCUT2D eigenvalue weighted by Gasteiger charge is 2.16. The zero-order valence-electron chi connectivity index (χ0n) is 12.5. The Balaban J connectivity index is 1.60. The molecular weight excluding hydrogens is 330 g/mol. The number of hydrogen-bond donors (Lipinski definition) is 1. The third-order valence-corrected chi connectivity index (χ3v) is 4.92. The topological polar surface area (TPSA) is 80.7 Å². The standard InChI is InChI=1S/C15H15N5OS2/c1-2-11-13(23-20-17-11)14(21)16-15-19-18-12(22-15)9-8-10-6-4-3-5-7-10/h3-7H,2,8-9H2,1H3,(H,16,19,21). The summed E-state index contributed by atoms with van der Waals surface area (Å²) in [4.78, 5) is 12.7. The van der Waals surface area contributed by atoms with Crippen molar-refractivity contribution in [3.05, 3.63) is 51.5 Å². The van der Waals surface area contributed by atoms with E-state index in [-0.39, 0.29) is 5.91 Å². The number of hydrogen-bond acceptors (Lipinski definition) is 7. The minimum atomic E-state index is -0.220. The predicted molar refractivity (Wildman–Crippen MR) is 91.0 cm³/mol. The molecule has 3 aromatic rings. The van der Waals surface area contributed by atoms with Crippen LogP contribution in [-0.2, 0) is 19.3 Å². The first-order valence-corrected chi connectivity index (χ1v) is 8.84. The van der Waals surface area contributed by atoms with Gasteiger partial charge in [0, 0.05) is 6.42 Å². The Hall–Kier alpha value is -2.19. The first kappa shape index (κ1) is 15.7. The average molecular weight is 345 g/mol. The van der Waals surface area contributed by atoms with Crippen LogP contribution in [0.2, 0.25) is 0 Å². The van der Waals surface area contributed by atoms with E-state index in [0.717, 1.165) is 29.4 Å². The van der Waals surface area contributed by atoms with Crippen LogP contribution in [0.5, 0.6) is 0 Å². The first-order chi connectivity index (χ1) is 11.3. The van der Waals surface area contributed by atoms with Crippen molar-refractivity contribution in [2.45, 2.75) is 26.2 Å². The fraction of sp³-hybridized carbons (Fsp3) is 0.267. The Kier molecular flexibility index (Phi) is 5.04. The van der Waals surface area contributed by atoms with Gasteiger partial charge in [0.1, 0.15) is 9.88 Å².